The molecule has 1 aliphatic heterocycles. The summed E-state index contributed by atoms with van der Waals surface area (Å²) in [5, 5.41) is 0. The summed E-state index contributed by atoms with van der Waals surface area (Å²) in [7, 11) is 0. The Morgan fingerprint density at radius 2 is 2.15 bits per heavy atom. The number of allylic oxidation sites excluding steroid dienone is 1. The van der Waals surface area contributed by atoms with Crippen LogP contribution >= 0.6 is 0 Å². The van der Waals surface area contributed by atoms with Crippen molar-refractivity contribution in [1.82, 2.24) is 0 Å². The van der Waals surface area contributed by atoms with Crippen LogP contribution in [-0.2, 0) is 9.47 Å². The molecule has 2 heteroatoms. The van der Waals surface area contributed by atoms with Gasteiger partial charge in [-0.05, 0) is 25.2 Å². The highest BCUT2D eigenvalue weighted by molar-refractivity contribution is 4.86. The van der Waals surface area contributed by atoms with Crippen molar-refractivity contribution < 1.29 is 9.47 Å². The Balaban J connectivity index is 1.94. The maximum Gasteiger partial charge on any atom is 0.168 e. The van der Waals surface area contributed by atoms with Gasteiger partial charge in [-0.1, -0.05) is 6.08 Å². The molecule has 1 aliphatic carbocycles. The molecule has 2 nitrogen and oxygen atoms in total. The van der Waals surface area contributed by atoms with Gasteiger partial charge in [0.15, 0.2) is 5.79 Å². The van der Waals surface area contributed by atoms with Crippen molar-refractivity contribution >= 4 is 0 Å². The van der Waals surface area contributed by atoms with Gasteiger partial charge in [-0.15, -0.1) is 6.58 Å². The summed E-state index contributed by atoms with van der Waals surface area (Å²) >= 11 is 0. The van der Waals surface area contributed by atoms with Crippen LogP contribution in [-0.4, -0.2) is 19.0 Å². The van der Waals surface area contributed by atoms with Crippen molar-refractivity contribution in [2.45, 2.75) is 37.9 Å². The summed E-state index contributed by atoms with van der Waals surface area (Å²) in [6, 6.07) is 0. The van der Waals surface area contributed by atoms with Gasteiger partial charge in [-0.25, -0.2) is 0 Å². The zero-order valence-corrected chi connectivity index (χ0v) is 8.13. The minimum absolute atomic E-state index is 0.202. The minimum atomic E-state index is -0.202. The van der Waals surface area contributed by atoms with Gasteiger partial charge in [-0.2, -0.15) is 0 Å². The van der Waals surface area contributed by atoms with Crippen LogP contribution in [0.4, 0.5) is 0 Å². The predicted octanol–water partition coefficient (Wildman–Crippen LogP) is 2.50. The third-order valence-electron chi connectivity index (χ3n) is 3.08. The van der Waals surface area contributed by atoms with Gasteiger partial charge in [0.05, 0.1) is 13.2 Å². The molecule has 0 aromatic carbocycles. The van der Waals surface area contributed by atoms with Crippen LogP contribution in [0.3, 0.4) is 0 Å². The zero-order valence-electron chi connectivity index (χ0n) is 8.13. The van der Waals surface area contributed by atoms with Crippen LogP contribution in [0.15, 0.2) is 12.7 Å². The summed E-state index contributed by atoms with van der Waals surface area (Å²) < 4.78 is 11.4. The van der Waals surface area contributed by atoms with E-state index < -0.39 is 0 Å². The van der Waals surface area contributed by atoms with Gasteiger partial charge in [0.2, 0.25) is 0 Å². The van der Waals surface area contributed by atoms with Crippen molar-refractivity contribution in [3.8, 4) is 0 Å². The number of rotatable bonds is 2. The summed E-state index contributed by atoms with van der Waals surface area (Å²) in [6.45, 7) is 5.35. The van der Waals surface area contributed by atoms with Crippen LogP contribution in [0, 0.1) is 5.92 Å². The molecule has 1 saturated heterocycles. The van der Waals surface area contributed by atoms with Crippen molar-refractivity contribution in [2.75, 3.05) is 13.2 Å². The van der Waals surface area contributed by atoms with Crippen LogP contribution in [0.5, 0.6) is 0 Å². The molecule has 0 aromatic rings. The Hall–Kier alpha value is -0.340. The summed E-state index contributed by atoms with van der Waals surface area (Å²) in [4.78, 5) is 0. The molecule has 13 heavy (non-hydrogen) atoms. The molecule has 2 fully saturated rings. The number of ether oxygens (including phenoxy) is 2. The van der Waals surface area contributed by atoms with E-state index in [4.69, 9.17) is 9.47 Å². The molecule has 1 atom stereocenters. The van der Waals surface area contributed by atoms with Gasteiger partial charge in [-0.3, -0.25) is 0 Å². The largest absolute Gasteiger partial charge is 0.348 e. The fourth-order valence-corrected chi connectivity index (χ4v) is 2.50. The first kappa shape index (κ1) is 9.22. The van der Waals surface area contributed by atoms with E-state index in [9.17, 15) is 0 Å². The molecular weight excluding hydrogens is 164 g/mol. The highest BCUT2D eigenvalue weighted by Crippen LogP contribution is 2.39. The Kier molecular flexibility index (Phi) is 2.70. The molecule has 1 spiro atoms. The van der Waals surface area contributed by atoms with Gasteiger partial charge < -0.3 is 9.47 Å². The maximum atomic E-state index is 5.70. The lowest BCUT2D eigenvalue weighted by molar-refractivity contribution is -0.186. The van der Waals surface area contributed by atoms with E-state index in [1.807, 2.05) is 6.08 Å². The highest BCUT2D eigenvalue weighted by Gasteiger charge is 2.40. The lowest BCUT2D eigenvalue weighted by Gasteiger charge is -2.35. The van der Waals surface area contributed by atoms with Gasteiger partial charge in [0, 0.05) is 12.8 Å². The monoisotopic (exact) mass is 182 g/mol. The molecule has 0 N–H and O–H groups in total. The van der Waals surface area contributed by atoms with Gasteiger partial charge >= 0.3 is 0 Å². The molecule has 2 rings (SSSR count). The second-order valence-corrected chi connectivity index (χ2v) is 4.09. The van der Waals surface area contributed by atoms with E-state index >= 15 is 0 Å². The van der Waals surface area contributed by atoms with Crippen LogP contribution in [0.25, 0.3) is 0 Å². The molecule has 0 radical (unpaired) electrons. The Morgan fingerprint density at radius 3 is 2.85 bits per heavy atom. The second kappa shape index (κ2) is 3.81. The lowest BCUT2D eigenvalue weighted by atomic mass is 9.83. The first-order chi connectivity index (χ1) is 6.35. The molecule has 1 unspecified atom stereocenters. The average Bonchev–Trinajstić information content (AvgIpc) is 2.54. The normalized spacial score (nSPS) is 32.2. The third kappa shape index (κ3) is 1.94. The first-order valence-electron chi connectivity index (χ1n) is 5.23. The molecule has 1 heterocycles. The van der Waals surface area contributed by atoms with Crippen LogP contribution in [0.2, 0.25) is 0 Å². The standard InChI is InChI=1S/C11H18O2/c1-2-4-10-5-3-6-11(9-10)12-7-8-13-11/h2,10H,1,3-9H2. The Morgan fingerprint density at radius 1 is 1.38 bits per heavy atom. The summed E-state index contributed by atoms with van der Waals surface area (Å²) in [6.07, 6.45) is 7.81. The van der Waals surface area contributed by atoms with E-state index in [1.54, 1.807) is 0 Å². The van der Waals surface area contributed by atoms with E-state index in [0.717, 1.165) is 38.4 Å². The van der Waals surface area contributed by atoms with Gasteiger partial charge in [0.1, 0.15) is 0 Å². The van der Waals surface area contributed by atoms with E-state index in [0.29, 0.717) is 0 Å². The van der Waals surface area contributed by atoms with Crippen molar-refractivity contribution in [2.24, 2.45) is 5.92 Å². The number of hydrogen-bond acceptors (Lipinski definition) is 2. The van der Waals surface area contributed by atoms with Crippen molar-refractivity contribution in [3.05, 3.63) is 12.7 Å². The fraction of sp³-hybridized carbons (Fsp3) is 0.818. The highest BCUT2D eigenvalue weighted by atomic mass is 16.7. The summed E-state index contributed by atoms with van der Waals surface area (Å²) in [5.41, 5.74) is 0. The van der Waals surface area contributed by atoms with Crippen LogP contribution < -0.4 is 0 Å². The topological polar surface area (TPSA) is 18.5 Å². The van der Waals surface area contributed by atoms with Crippen molar-refractivity contribution in [1.29, 1.82) is 0 Å². The fourth-order valence-electron chi connectivity index (χ4n) is 2.50. The molecule has 74 valence electrons. The van der Waals surface area contributed by atoms with E-state index in [2.05, 4.69) is 6.58 Å². The molecule has 0 bridgehead atoms. The molecular formula is C11H18O2. The zero-order chi connectivity index (χ0) is 9.15. The second-order valence-electron chi connectivity index (χ2n) is 4.09. The predicted molar refractivity (Wildman–Crippen MR) is 51.4 cm³/mol. The lowest BCUT2D eigenvalue weighted by Crippen LogP contribution is -2.36. The van der Waals surface area contributed by atoms with Crippen LogP contribution in [0.1, 0.15) is 32.1 Å². The SMILES string of the molecule is C=CCC1CCCC2(C1)OCCO2. The molecule has 0 aromatic heterocycles. The summed E-state index contributed by atoms with van der Waals surface area (Å²) in [5.74, 6) is 0.524. The quantitative estimate of drug-likeness (QED) is 0.611. The first-order valence-corrected chi connectivity index (χ1v) is 5.23. The molecule has 0 amide bonds. The third-order valence-corrected chi connectivity index (χ3v) is 3.08. The van der Waals surface area contributed by atoms with Gasteiger partial charge in [0.25, 0.3) is 0 Å². The number of hydrogen-bond donors (Lipinski definition) is 0. The van der Waals surface area contributed by atoms with E-state index in [-0.39, 0.29) is 5.79 Å². The molecule has 2 aliphatic rings. The Labute approximate surface area is 79.9 Å². The molecule has 1 saturated carbocycles. The Bertz CT molecular complexity index is 183. The smallest absolute Gasteiger partial charge is 0.168 e. The van der Waals surface area contributed by atoms with E-state index in [1.165, 1.54) is 12.8 Å². The van der Waals surface area contributed by atoms with Crippen molar-refractivity contribution in [3.63, 3.8) is 0 Å². The average molecular weight is 182 g/mol. The minimum Gasteiger partial charge on any atom is -0.348 e. The maximum absolute atomic E-state index is 5.70.